The molecule has 15 nitrogen and oxygen atoms in total. The van der Waals surface area contributed by atoms with Crippen molar-refractivity contribution in [2.75, 3.05) is 51.6 Å². The summed E-state index contributed by atoms with van der Waals surface area (Å²) in [4.78, 5) is 57.9. The average molecular weight is 931 g/mol. The van der Waals surface area contributed by atoms with Crippen LogP contribution in [0.1, 0.15) is 40.1 Å². The first-order valence-corrected chi connectivity index (χ1v) is 20.0. The fraction of sp³-hybridized carbons (Fsp3) is 0.111. The first-order chi connectivity index (χ1) is 29.6. The summed E-state index contributed by atoms with van der Waals surface area (Å²) in [6, 6.07) is 35.8. The molecule has 61 heavy (non-hydrogen) atoms. The van der Waals surface area contributed by atoms with Crippen LogP contribution in [0.2, 0.25) is 0 Å². The summed E-state index contributed by atoms with van der Waals surface area (Å²) in [5, 5.41) is 31.5. The van der Waals surface area contributed by atoms with E-state index in [2.05, 4.69) is 86.9 Å². The maximum Gasteiger partial charge on any atom is 0.320 e. The van der Waals surface area contributed by atoms with Gasteiger partial charge in [-0.15, -0.1) is 0 Å². The summed E-state index contributed by atoms with van der Waals surface area (Å²) in [5.74, 6) is 5.34. The lowest BCUT2D eigenvalue weighted by Crippen LogP contribution is -2.28. The van der Waals surface area contributed by atoms with Crippen LogP contribution in [0.3, 0.4) is 0 Å². The van der Waals surface area contributed by atoms with Gasteiger partial charge in [0.05, 0.1) is 22.5 Å². The van der Waals surface area contributed by atoms with Crippen molar-refractivity contribution in [2.24, 2.45) is 0 Å². The van der Waals surface area contributed by atoms with Crippen LogP contribution in [-0.4, -0.2) is 58.6 Å². The van der Waals surface area contributed by atoms with Crippen LogP contribution in [-0.2, 0) is 0 Å². The number of pyridine rings is 2. The molecule has 9 N–H and O–H groups in total. The van der Waals surface area contributed by atoms with Crippen molar-refractivity contribution >= 4 is 92.2 Å². The predicted octanol–water partition coefficient (Wildman–Crippen LogP) is 8.39. The molecule has 2 aromatic heterocycles. The highest BCUT2D eigenvalue weighted by Gasteiger charge is 2.17. The molecule has 2 heterocycles. The van der Waals surface area contributed by atoms with Gasteiger partial charge in [0, 0.05) is 69.5 Å². The fourth-order valence-electron chi connectivity index (χ4n) is 5.32. The SMILES string of the molecule is CCNC(=O)Nc1cc(Nc2ccccc2)c(C(=O)Nc2ccc(C#CCO)cc2)cn1.CCNC(=O)Nc1cc(Nc2ccccc2)c(C(=O)Nc2ccc(I)cc2)cn1. The number of rotatable bonds is 12. The quantitative estimate of drug-likeness (QED) is 0.0426. The second-order valence-corrected chi connectivity index (χ2v) is 13.9. The molecule has 0 aliphatic carbocycles. The maximum atomic E-state index is 13.0. The Morgan fingerprint density at radius 3 is 1.41 bits per heavy atom. The van der Waals surface area contributed by atoms with Crippen molar-refractivity contribution in [3.05, 3.63) is 154 Å². The second kappa shape index (κ2) is 23.2. The first-order valence-electron chi connectivity index (χ1n) is 19.0. The third kappa shape index (κ3) is 14.4. The number of benzene rings is 4. The molecule has 0 bridgehead atoms. The average Bonchev–Trinajstić information content (AvgIpc) is 3.25. The molecule has 4 aromatic carbocycles. The van der Waals surface area contributed by atoms with E-state index >= 15 is 0 Å². The molecule has 0 saturated carbocycles. The molecule has 0 aliphatic heterocycles. The van der Waals surface area contributed by atoms with Crippen molar-refractivity contribution in [2.45, 2.75) is 13.8 Å². The van der Waals surface area contributed by atoms with Crippen molar-refractivity contribution in [3.63, 3.8) is 0 Å². The molecule has 0 atom stereocenters. The Morgan fingerprint density at radius 2 is 1.00 bits per heavy atom. The highest BCUT2D eigenvalue weighted by Crippen LogP contribution is 2.26. The van der Waals surface area contributed by atoms with E-state index in [1.54, 1.807) is 36.4 Å². The Balaban J connectivity index is 0.000000232. The Bertz CT molecular complexity index is 2480. The van der Waals surface area contributed by atoms with Gasteiger partial charge in [-0.3, -0.25) is 20.2 Å². The molecule has 0 aliphatic rings. The van der Waals surface area contributed by atoms with Crippen LogP contribution in [0.4, 0.5) is 55.3 Å². The predicted molar refractivity (Wildman–Crippen MR) is 249 cm³/mol. The third-order valence-corrected chi connectivity index (χ3v) is 8.84. The Kier molecular flexibility index (Phi) is 17.0. The highest BCUT2D eigenvalue weighted by atomic mass is 127. The lowest BCUT2D eigenvalue weighted by Gasteiger charge is -2.14. The van der Waals surface area contributed by atoms with E-state index in [4.69, 9.17) is 5.11 Å². The fourth-order valence-corrected chi connectivity index (χ4v) is 5.68. The normalized spacial score (nSPS) is 9.97. The maximum absolute atomic E-state index is 13.0. The number of aliphatic hydroxyl groups is 1. The van der Waals surface area contributed by atoms with E-state index in [0.717, 1.165) is 20.5 Å². The molecular formula is C45H43IN10O5. The van der Waals surface area contributed by atoms with Crippen molar-refractivity contribution in [3.8, 4) is 11.8 Å². The zero-order chi connectivity index (χ0) is 43.4. The van der Waals surface area contributed by atoms with E-state index in [9.17, 15) is 19.2 Å². The molecule has 310 valence electrons. The molecule has 0 unspecified atom stereocenters. The van der Waals surface area contributed by atoms with E-state index < -0.39 is 0 Å². The molecule has 6 rings (SSSR count). The van der Waals surface area contributed by atoms with Crippen molar-refractivity contribution < 1.29 is 24.3 Å². The van der Waals surface area contributed by atoms with E-state index in [-0.39, 0.29) is 30.5 Å². The summed E-state index contributed by atoms with van der Waals surface area (Å²) >= 11 is 2.21. The molecule has 0 radical (unpaired) electrons. The third-order valence-electron chi connectivity index (χ3n) is 8.12. The minimum atomic E-state index is -0.382. The molecule has 0 fully saturated rings. The summed E-state index contributed by atoms with van der Waals surface area (Å²) in [6.07, 6.45) is 2.85. The monoisotopic (exact) mass is 930 g/mol. The first kappa shape index (κ1) is 44.6. The number of hydrogen-bond donors (Lipinski definition) is 9. The van der Waals surface area contributed by atoms with Gasteiger partial charge in [-0.2, -0.15) is 0 Å². The molecule has 0 spiro atoms. The summed E-state index contributed by atoms with van der Waals surface area (Å²) in [7, 11) is 0. The minimum Gasteiger partial charge on any atom is -0.384 e. The van der Waals surface area contributed by atoms with Gasteiger partial charge in [-0.25, -0.2) is 19.6 Å². The van der Waals surface area contributed by atoms with Gasteiger partial charge in [-0.1, -0.05) is 48.2 Å². The number of aliphatic hydroxyl groups excluding tert-OH is 1. The van der Waals surface area contributed by atoms with Gasteiger partial charge in [0.25, 0.3) is 11.8 Å². The Morgan fingerprint density at radius 1 is 0.574 bits per heavy atom. The number of amides is 6. The number of halogens is 1. The van der Waals surface area contributed by atoms with E-state index in [1.165, 1.54) is 12.4 Å². The number of para-hydroxylation sites is 2. The van der Waals surface area contributed by atoms with Gasteiger partial charge in [-0.05, 0) is 109 Å². The number of nitrogens with zero attached hydrogens (tertiary/aromatic N) is 2. The molecule has 6 aromatic rings. The lowest BCUT2D eigenvalue weighted by molar-refractivity contribution is 0.101. The van der Waals surface area contributed by atoms with Gasteiger partial charge >= 0.3 is 12.1 Å². The largest absolute Gasteiger partial charge is 0.384 e. The van der Waals surface area contributed by atoms with Crippen LogP contribution in [0, 0.1) is 15.4 Å². The molecular weight excluding hydrogens is 887 g/mol. The zero-order valence-corrected chi connectivity index (χ0v) is 35.3. The molecule has 6 amide bonds. The van der Waals surface area contributed by atoms with Crippen LogP contribution in [0.25, 0.3) is 0 Å². The van der Waals surface area contributed by atoms with Crippen molar-refractivity contribution in [1.82, 2.24) is 20.6 Å². The van der Waals surface area contributed by atoms with Gasteiger partial charge < -0.3 is 37.0 Å². The Labute approximate surface area is 366 Å². The number of urea groups is 2. The number of carbonyl (C=O) groups excluding carboxylic acids is 4. The number of carbonyl (C=O) groups is 4. The van der Waals surface area contributed by atoms with Crippen LogP contribution in [0.15, 0.2) is 134 Å². The number of hydrogen-bond acceptors (Lipinski definition) is 9. The van der Waals surface area contributed by atoms with Gasteiger partial charge in [0.2, 0.25) is 0 Å². The Hall–Kier alpha value is -7.49. The highest BCUT2D eigenvalue weighted by molar-refractivity contribution is 14.1. The lowest BCUT2D eigenvalue weighted by atomic mass is 10.1. The topological polar surface area (TPSA) is 211 Å². The number of aromatic nitrogens is 2. The summed E-state index contributed by atoms with van der Waals surface area (Å²) in [6.45, 7) is 4.40. The smallest absolute Gasteiger partial charge is 0.320 e. The van der Waals surface area contributed by atoms with E-state index in [1.807, 2.05) is 98.8 Å². The van der Waals surface area contributed by atoms with Crippen LogP contribution >= 0.6 is 22.6 Å². The standard InChI is InChI=1S/C24H23N5O3.C21H20IN5O2/c1-2-25-24(32)29-22-15-21(27-18-8-4-3-5-9-18)20(16-26-22)23(31)28-19-12-10-17(11-13-19)7-6-14-30;1-2-23-21(29)27-19-12-18(25-15-6-4-3-5-7-15)17(13-24-19)20(28)26-16-10-8-14(22)9-11-16/h3-5,8-13,15-16,30H,2,14H2,1H3,(H,28,31)(H3,25,26,27,29,32);3-13H,2H2,1H3,(H,26,28)(H3,23,24,25,27,29). The van der Waals surface area contributed by atoms with Gasteiger partial charge in [0.15, 0.2) is 0 Å². The summed E-state index contributed by atoms with van der Waals surface area (Å²) in [5.41, 5.74) is 5.26. The summed E-state index contributed by atoms with van der Waals surface area (Å²) < 4.78 is 1.08. The zero-order valence-electron chi connectivity index (χ0n) is 33.2. The second-order valence-electron chi connectivity index (χ2n) is 12.6. The van der Waals surface area contributed by atoms with Crippen LogP contribution in [0.5, 0.6) is 0 Å². The van der Waals surface area contributed by atoms with Gasteiger partial charge in [0.1, 0.15) is 18.2 Å². The van der Waals surface area contributed by atoms with E-state index in [0.29, 0.717) is 58.6 Å². The van der Waals surface area contributed by atoms with Crippen molar-refractivity contribution in [1.29, 1.82) is 0 Å². The minimum absolute atomic E-state index is 0.215. The molecule has 0 saturated heterocycles. The van der Waals surface area contributed by atoms with Crippen LogP contribution < -0.4 is 42.5 Å². The molecule has 16 heteroatoms. The number of nitrogens with one attached hydrogen (secondary N) is 8. The number of anilines is 8.